The van der Waals surface area contributed by atoms with Crippen molar-refractivity contribution >= 4 is 10.9 Å². The molecule has 0 amide bonds. The van der Waals surface area contributed by atoms with Crippen LogP contribution in [0.1, 0.15) is 34.6 Å². The Balaban J connectivity index is 2.03. The number of hydrogen-bond donors (Lipinski definition) is 1. The van der Waals surface area contributed by atoms with Gasteiger partial charge in [-0.05, 0) is 68.0 Å². The highest BCUT2D eigenvalue weighted by Gasteiger charge is 2.42. The van der Waals surface area contributed by atoms with E-state index in [1.54, 1.807) is 37.4 Å². The van der Waals surface area contributed by atoms with Gasteiger partial charge in [0.1, 0.15) is 11.4 Å². The van der Waals surface area contributed by atoms with E-state index in [2.05, 4.69) is 6.07 Å². The predicted octanol–water partition coefficient (Wildman–Crippen LogP) is 5.23. The molecule has 0 bridgehead atoms. The minimum Gasteiger partial charge on any atom is -0.481 e. The highest BCUT2D eigenvalue weighted by molar-refractivity contribution is 5.82. The number of ether oxygens (including phenoxy) is 1. The van der Waals surface area contributed by atoms with Crippen molar-refractivity contribution in [3.63, 3.8) is 0 Å². The van der Waals surface area contributed by atoms with E-state index < -0.39 is 17.3 Å². The Hall–Kier alpha value is -3.79. The second-order valence-corrected chi connectivity index (χ2v) is 8.94. The molecule has 0 spiro atoms. The zero-order chi connectivity index (χ0) is 25.0. The average Bonchev–Trinajstić information content (AvgIpc) is 2.87. The summed E-state index contributed by atoms with van der Waals surface area (Å²) in [5.74, 6) is -0.668. The van der Waals surface area contributed by atoms with Gasteiger partial charge in [0.15, 0.2) is 0 Å². The molecule has 0 aliphatic heterocycles. The van der Waals surface area contributed by atoms with E-state index >= 15 is 0 Å². The van der Waals surface area contributed by atoms with Crippen molar-refractivity contribution in [2.75, 3.05) is 27.7 Å². The van der Waals surface area contributed by atoms with Crippen LogP contribution in [-0.2, 0) is 5.60 Å². The fraction of sp³-hybridized carbons (Fsp3) is 0.241. The molecule has 1 heterocycles. The number of benzene rings is 3. The molecule has 1 aromatic heterocycles. The zero-order valence-electron chi connectivity index (χ0n) is 20.1. The van der Waals surface area contributed by atoms with E-state index in [-0.39, 0.29) is 0 Å². The maximum Gasteiger partial charge on any atom is 0.217 e. The van der Waals surface area contributed by atoms with Crippen molar-refractivity contribution in [2.45, 2.75) is 17.9 Å². The first kappa shape index (κ1) is 24.3. The molecule has 0 aliphatic carbocycles. The van der Waals surface area contributed by atoms with Crippen molar-refractivity contribution in [3.05, 3.63) is 107 Å². The number of nitriles is 1. The Morgan fingerprint density at radius 1 is 1.06 bits per heavy atom. The second-order valence-electron chi connectivity index (χ2n) is 8.94. The first-order valence-electron chi connectivity index (χ1n) is 11.4. The van der Waals surface area contributed by atoms with Crippen LogP contribution in [0, 0.1) is 17.1 Å². The summed E-state index contributed by atoms with van der Waals surface area (Å²) in [6, 6.07) is 25.1. The van der Waals surface area contributed by atoms with E-state index in [1.165, 1.54) is 12.1 Å². The monoisotopic (exact) mass is 469 g/mol. The van der Waals surface area contributed by atoms with Gasteiger partial charge in [0.25, 0.3) is 0 Å². The minimum atomic E-state index is -1.48. The first-order valence-corrected chi connectivity index (χ1v) is 11.4. The number of pyridine rings is 1. The lowest BCUT2D eigenvalue weighted by molar-refractivity contribution is 0.00354. The summed E-state index contributed by atoms with van der Waals surface area (Å²) >= 11 is 0. The van der Waals surface area contributed by atoms with Gasteiger partial charge >= 0.3 is 0 Å². The molecule has 0 saturated heterocycles. The van der Waals surface area contributed by atoms with Crippen molar-refractivity contribution in [1.82, 2.24) is 9.88 Å². The molecular formula is C29H28FN3O2. The number of halogens is 1. The average molecular weight is 470 g/mol. The number of hydrogen-bond acceptors (Lipinski definition) is 5. The maximum absolute atomic E-state index is 14.4. The molecule has 0 radical (unpaired) electrons. The molecule has 0 aliphatic rings. The summed E-state index contributed by atoms with van der Waals surface area (Å²) in [6.45, 7) is 0.568. The standard InChI is InChI=1S/C29H28FN3O2/c1-33(2)15-14-29(34,23-10-7-11-24(30)18-23)27(21-8-5-4-6-9-21)25-17-22-16-20(19-31)12-13-26(22)32-28(25)35-3/h4-13,16-18,27,34H,14-15H2,1-3H3. The highest BCUT2D eigenvalue weighted by Crippen LogP contribution is 2.47. The van der Waals surface area contributed by atoms with Crippen molar-refractivity contribution < 1.29 is 14.2 Å². The first-order chi connectivity index (χ1) is 16.9. The third-order valence-electron chi connectivity index (χ3n) is 6.32. The molecule has 3 aromatic carbocycles. The van der Waals surface area contributed by atoms with Crippen LogP contribution in [0.5, 0.6) is 5.88 Å². The van der Waals surface area contributed by atoms with Gasteiger partial charge in [0, 0.05) is 23.4 Å². The second kappa shape index (κ2) is 10.2. The molecule has 2 unspecified atom stereocenters. The van der Waals surface area contributed by atoms with E-state index in [0.717, 1.165) is 10.9 Å². The van der Waals surface area contributed by atoms with E-state index in [0.29, 0.717) is 41.1 Å². The van der Waals surface area contributed by atoms with Crippen LogP contribution in [0.15, 0.2) is 78.9 Å². The van der Waals surface area contributed by atoms with Crippen LogP contribution in [0.25, 0.3) is 10.9 Å². The number of fused-ring (bicyclic) bond motifs is 1. The summed E-state index contributed by atoms with van der Waals surface area (Å²) in [7, 11) is 5.42. The molecule has 4 rings (SSSR count). The predicted molar refractivity (Wildman–Crippen MR) is 135 cm³/mol. The number of rotatable bonds is 8. The van der Waals surface area contributed by atoms with Crippen LogP contribution in [-0.4, -0.2) is 42.7 Å². The molecule has 0 saturated carbocycles. The summed E-state index contributed by atoms with van der Waals surface area (Å²) < 4.78 is 20.1. The van der Waals surface area contributed by atoms with E-state index in [1.807, 2.05) is 55.4 Å². The van der Waals surface area contributed by atoms with Crippen LogP contribution in [0.3, 0.4) is 0 Å². The van der Waals surface area contributed by atoms with Crippen molar-refractivity contribution in [1.29, 1.82) is 5.26 Å². The van der Waals surface area contributed by atoms with Gasteiger partial charge < -0.3 is 14.7 Å². The van der Waals surface area contributed by atoms with Crippen LogP contribution >= 0.6 is 0 Å². The number of aliphatic hydroxyl groups is 1. The van der Waals surface area contributed by atoms with Gasteiger partial charge in [-0.2, -0.15) is 5.26 Å². The maximum atomic E-state index is 14.4. The summed E-state index contributed by atoms with van der Waals surface area (Å²) in [6.07, 6.45) is 0.336. The third kappa shape index (κ3) is 5.02. The number of methoxy groups -OCH3 is 1. The van der Waals surface area contributed by atoms with Crippen LogP contribution in [0.4, 0.5) is 4.39 Å². The fourth-order valence-electron chi connectivity index (χ4n) is 4.58. The van der Waals surface area contributed by atoms with Crippen molar-refractivity contribution in [3.8, 4) is 11.9 Å². The van der Waals surface area contributed by atoms with E-state index in [9.17, 15) is 14.8 Å². The summed E-state index contributed by atoms with van der Waals surface area (Å²) in [5.41, 5.74) is 1.68. The molecule has 5 nitrogen and oxygen atoms in total. The lowest BCUT2D eigenvalue weighted by Gasteiger charge is -2.39. The van der Waals surface area contributed by atoms with Crippen LogP contribution < -0.4 is 4.74 Å². The molecule has 4 aromatic rings. The molecule has 2 atom stereocenters. The van der Waals surface area contributed by atoms with Gasteiger partial charge in [-0.3, -0.25) is 0 Å². The Morgan fingerprint density at radius 2 is 1.83 bits per heavy atom. The smallest absolute Gasteiger partial charge is 0.217 e. The normalized spacial score (nSPS) is 13.9. The number of nitrogens with zero attached hydrogens (tertiary/aromatic N) is 3. The van der Waals surface area contributed by atoms with Gasteiger partial charge in [-0.1, -0.05) is 42.5 Å². The highest BCUT2D eigenvalue weighted by atomic mass is 19.1. The topological polar surface area (TPSA) is 69.4 Å². The summed E-state index contributed by atoms with van der Waals surface area (Å²) in [4.78, 5) is 6.70. The van der Waals surface area contributed by atoms with Gasteiger partial charge in [-0.15, -0.1) is 0 Å². The molecule has 1 N–H and O–H groups in total. The SMILES string of the molecule is COc1nc2ccc(C#N)cc2cc1C(c1ccccc1)C(O)(CCN(C)C)c1cccc(F)c1. The lowest BCUT2D eigenvalue weighted by Crippen LogP contribution is -2.38. The lowest BCUT2D eigenvalue weighted by atomic mass is 9.71. The van der Waals surface area contributed by atoms with Crippen LogP contribution in [0.2, 0.25) is 0 Å². The summed E-state index contributed by atoms with van der Waals surface area (Å²) in [5, 5.41) is 22.7. The Morgan fingerprint density at radius 3 is 2.49 bits per heavy atom. The van der Waals surface area contributed by atoms with Gasteiger partial charge in [0.2, 0.25) is 5.88 Å². The quantitative estimate of drug-likeness (QED) is 0.383. The molecule has 6 heteroatoms. The molecular weight excluding hydrogens is 441 g/mol. The largest absolute Gasteiger partial charge is 0.481 e. The van der Waals surface area contributed by atoms with Crippen molar-refractivity contribution in [2.24, 2.45) is 0 Å². The van der Waals surface area contributed by atoms with Gasteiger partial charge in [-0.25, -0.2) is 9.37 Å². The third-order valence-corrected chi connectivity index (χ3v) is 6.32. The number of aromatic nitrogens is 1. The fourth-order valence-corrected chi connectivity index (χ4v) is 4.58. The van der Waals surface area contributed by atoms with E-state index in [4.69, 9.17) is 9.72 Å². The molecule has 178 valence electrons. The minimum absolute atomic E-state index is 0.336. The Labute approximate surface area is 205 Å². The van der Waals surface area contributed by atoms with Gasteiger partial charge in [0.05, 0.1) is 24.3 Å². The molecule has 0 fully saturated rings. The molecule has 35 heavy (non-hydrogen) atoms. The zero-order valence-corrected chi connectivity index (χ0v) is 20.1. The Bertz CT molecular complexity index is 1370. The Kier molecular flexibility index (Phi) is 7.11.